The van der Waals surface area contributed by atoms with Gasteiger partial charge in [-0.2, -0.15) is 0 Å². The maximum atomic E-state index is 9.94. The zero-order valence-corrected chi connectivity index (χ0v) is 9.50. The third-order valence-corrected chi connectivity index (χ3v) is 2.96. The van der Waals surface area contributed by atoms with E-state index in [0.717, 1.165) is 24.2 Å². The van der Waals surface area contributed by atoms with Crippen molar-refractivity contribution < 1.29 is 9.84 Å². The molecule has 0 saturated carbocycles. The van der Waals surface area contributed by atoms with E-state index in [4.69, 9.17) is 16.3 Å². The van der Waals surface area contributed by atoms with Gasteiger partial charge in [-0.3, -0.25) is 0 Å². The lowest BCUT2D eigenvalue weighted by Crippen LogP contribution is -2.25. The van der Waals surface area contributed by atoms with Gasteiger partial charge in [-0.1, -0.05) is 24.9 Å². The highest BCUT2D eigenvalue weighted by molar-refractivity contribution is 6.30. The number of halogens is 1. The number of rotatable bonds is 2. The molecule has 1 aromatic carbocycles. The molecule has 0 amide bonds. The molecule has 0 spiro atoms. The van der Waals surface area contributed by atoms with E-state index in [0.29, 0.717) is 11.4 Å². The summed E-state index contributed by atoms with van der Waals surface area (Å²) in [6.07, 6.45) is 2.42. The summed E-state index contributed by atoms with van der Waals surface area (Å²) < 4.78 is 5.78. The Morgan fingerprint density at radius 3 is 3.07 bits per heavy atom. The van der Waals surface area contributed by atoms with Crippen LogP contribution in [0.2, 0.25) is 5.02 Å². The summed E-state index contributed by atoms with van der Waals surface area (Å²) in [4.78, 5) is 0. The first-order valence-electron chi connectivity index (χ1n) is 5.35. The molecule has 0 saturated heterocycles. The molecule has 2 rings (SSSR count). The van der Waals surface area contributed by atoms with E-state index in [9.17, 15) is 5.11 Å². The molecule has 2 atom stereocenters. The normalized spacial score (nSPS) is 24.5. The van der Waals surface area contributed by atoms with E-state index < -0.39 is 6.10 Å². The number of fused-ring (bicyclic) bond motifs is 1. The molecule has 1 aliphatic rings. The van der Waals surface area contributed by atoms with Crippen LogP contribution in [0.1, 0.15) is 37.9 Å². The second kappa shape index (κ2) is 4.42. The second-order valence-electron chi connectivity index (χ2n) is 3.96. The largest absolute Gasteiger partial charge is 0.490 e. The van der Waals surface area contributed by atoms with Gasteiger partial charge in [-0.15, -0.1) is 0 Å². The quantitative estimate of drug-likeness (QED) is 0.838. The summed E-state index contributed by atoms with van der Waals surface area (Å²) in [5, 5.41) is 10.6. The van der Waals surface area contributed by atoms with Crippen molar-refractivity contribution in [3.05, 3.63) is 28.8 Å². The first-order chi connectivity index (χ1) is 7.20. The molecule has 0 aliphatic carbocycles. The van der Waals surface area contributed by atoms with Crippen LogP contribution in [-0.2, 0) is 0 Å². The minimum atomic E-state index is -0.441. The summed E-state index contributed by atoms with van der Waals surface area (Å²) in [7, 11) is 0. The van der Waals surface area contributed by atoms with Gasteiger partial charge in [0.15, 0.2) is 0 Å². The van der Waals surface area contributed by atoms with Gasteiger partial charge in [0.25, 0.3) is 0 Å². The lowest BCUT2D eigenvalue weighted by atomic mass is 9.97. The third kappa shape index (κ3) is 2.27. The Labute approximate surface area is 94.8 Å². The number of benzene rings is 1. The number of aliphatic hydroxyl groups excluding tert-OH is 1. The van der Waals surface area contributed by atoms with Crippen LogP contribution in [0.15, 0.2) is 18.2 Å². The summed E-state index contributed by atoms with van der Waals surface area (Å²) in [6.45, 7) is 2.12. The molecule has 1 aliphatic heterocycles. The second-order valence-corrected chi connectivity index (χ2v) is 4.40. The standard InChI is InChI=1S/C12H15ClO2/c1-2-3-9-7-11(14)10-6-8(13)4-5-12(10)15-9/h4-6,9,11,14H,2-3,7H2,1H3/t9?,11-/m0/s1. The molecule has 1 heterocycles. The summed E-state index contributed by atoms with van der Waals surface area (Å²) >= 11 is 5.87. The highest BCUT2D eigenvalue weighted by Gasteiger charge is 2.26. The Morgan fingerprint density at radius 2 is 2.33 bits per heavy atom. The number of ether oxygens (including phenoxy) is 1. The summed E-state index contributed by atoms with van der Waals surface area (Å²) in [6, 6.07) is 5.41. The molecular weight excluding hydrogens is 212 g/mol. The average Bonchev–Trinajstić information content (AvgIpc) is 2.20. The zero-order chi connectivity index (χ0) is 10.8. The summed E-state index contributed by atoms with van der Waals surface area (Å²) in [5.74, 6) is 0.775. The minimum Gasteiger partial charge on any atom is -0.490 e. The SMILES string of the molecule is CCCC1C[C@H](O)c2cc(Cl)ccc2O1. The molecule has 0 fully saturated rings. The smallest absolute Gasteiger partial charge is 0.125 e. The maximum absolute atomic E-state index is 9.94. The Morgan fingerprint density at radius 1 is 1.53 bits per heavy atom. The molecule has 1 unspecified atom stereocenters. The molecule has 0 aromatic heterocycles. The van der Waals surface area contributed by atoms with E-state index in [2.05, 4.69) is 6.92 Å². The Bertz CT molecular complexity index is 351. The zero-order valence-electron chi connectivity index (χ0n) is 8.74. The van der Waals surface area contributed by atoms with E-state index >= 15 is 0 Å². The first-order valence-corrected chi connectivity index (χ1v) is 5.72. The van der Waals surface area contributed by atoms with Crippen LogP contribution in [0.25, 0.3) is 0 Å². The summed E-state index contributed by atoms with van der Waals surface area (Å²) in [5.41, 5.74) is 0.815. The molecular formula is C12H15ClO2. The van der Waals surface area contributed by atoms with E-state index in [1.165, 1.54) is 0 Å². The van der Waals surface area contributed by atoms with Crippen LogP contribution >= 0.6 is 11.6 Å². The minimum absolute atomic E-state index is 0.138. The van der Waals surface area contributed by atoms with Crippen molar-refractivity contribution in [2.75, 3.05) is 0 Å². The van der Waals surface area contributed by atoms with Gasteiger partial charge >= 0.3 is 0 Å². The van der Waals surface area contributed by atoms with Gasteiger partial charge < -0.3 is 9.84 Å². The molecule has 1 aromatic rings. The Hall–Kier alpha value is -0.730. The number of hydrogen-bond donors (Lipinski definition) is 1. The van der Waals surface area contributed by atoms with Crippen LogP contribution in [0, 0.1) is 0 Å². The fourth-order valence-corrected chi connectivity index (χ4v) is 2.17. The predicted octanol–water partition coefficient (Wildman–Crippen LogP) is 3.32. The van der Waals surface area contributed by atoms with Crippen LogP contribution in [0.3, 0.4) is 0 Å². The van der Waals surface area contributed by atoms with Crippen molar-refractivity contribution in [1.29, 1.82) is 0 Å². The van der Waals surface area contributed by atoms with Crippen molar-refractivity contribution in [1.82, 2.24) is 0 Å². The monoisotopic (exact) mass is 226 g/mol. The van der Waals surface area contributed by atoms with Gasteiger partial charge in [0.1, 0.15) is 11.9 Å². The van der Waals surface area contributed by atoms with Crippen molar-refractivity contribution in [3.63, 3.8) is 0 Å². The lowest BCUT2D eigenvalue weighted by Gasteiger charge is -2.29. The van der Waals surface area contributed by atoms with E-state index in [1.807, 2.05) is 6.07 Å². The molecule has 1 N–H and O–H groups in total. The Kier molecular flexibility index (Phi) is 3.17. The van der Waals surface area contributed by atoms with Crippen LogP contribution in [0.5, 0.6) is 5.75 Å². The molecule has 3 heteroatoms. The molecule has 15 heavy (non-hydrogen) atoms. The van der Waals surface area contributed by atoms with Gasteiger partial charge in [-0.05, 0) is 24.6 Å². The first kappa shape index (κ1) is 10.8. The lowest BCUT2D eigenvalue weighted by molar-refractivity contribution is 0.0615. The highest BCUT2D eigenvalue weighted by Crippen LogP contribution is 2.37. The maximum Gasteiger partial charge on any atom is 0.125 e. The number of hydrogen-bond acceptors (Lipinski definition) is 2. The average molecular weight is 227 g/mol. The van der Waals surface area contributed by atoms with Gasteiger partial charge in [0, 0.05) is 17.0 Å². The van der Waals surface area contributed by atoms with Crippen molar-refractivity contribution in [3.8, 4) is 5.75 Å². The fourth-order valence-electron chi connectivity index (χ4n) is 1.99. The van der Waals surface area contributed by atoms with Gasteiger partial charge in [0.2, 0.25) is 0 Å². The third-order valence-electron chi connectivity index (χ3n) is 2.72. The Balaban J connectivity index is 2.24. The topological polar surface area (TPSA) is 29.5 Å². The van der Waals surface area contributed by atoms with Crippen molar-refractivity contribution in [2.24, 2.45) is 0 Å². The molecule has 0 radical (unpaired) electrons. The van der Waals surface area contributed by atoms with Crippen molar-refractivity contribution in [2.45, 2.75) is 38.4 Å². The molecule has 2 nitrogen and oxygen atoms in total. The van der Waals surface area contributed by atoms with Gasteiger partial charge in [-0.25, -0.2) is 0 Å². The molecule has 82 valence electrons. The fraction of sp³-hybridized carbons (Fsp3) is 0.500. The van der Waals surface area contributed by atoms with Crippen LogP contribution in [-0.4, -0.2) is 11.2 Å². The van der Waals surface area contributed by atoms with E-state index in [1.54, 1.807) is 12.1 Å². The molecule has 0 bridgehead atoms. The van der Waals surface area contributed by atoms with Crippen molar-refractivity contribution >= 4 is 11.6 Å². The van der Waals surface area contributed by atoms with Crippen LogP contribution < -0.4 is 4.74 Å². The predicted molar refractivity (Wildman–Crippen MR) is 60.4 cm³/mol. The van der Waals surface area contributed by atoms with Gasteiger partial charge in [0.05, 0.1) is 6.10 Å². The van der Waals surface area contributed by atoms with Crippen LogP contribution in [0.4, 0.5) is 0 Å². The number of aliphatic hydroxyl groups is 1. The highest BCUT2D eigenvalue weighted by atomic mass is 35.5. The van der Waals surface area contributed by atoms with E-state index in [-0.39, 0.29) is 6.10 Å².